The molecule has 0 aliphatic rings. The van der Waals surface area contributed by atoms with E-state index in [9.17, 15) is 9.59 Å². The molecule has 0 bridgehead atoms. The van der Waals surface area contributed by atoms with E-state index in [1.807, 2.05) is 68.4 Å². The van der Waals surface area contributed by atoms with Crippen molar-refractivity contribution >= 4 is 23.3 Å². The number of nitrogens with zero attached hydrogens (tertiary/aromatic N) is 4. The normalized spacial score (nSPS) is 11.0. The third-order valence-corrected chi connectivity index (χ3v) is 5.50. The molecular formula is C22H21N5O2S. The molecule has 30 heavy (non-hydrogen) atoms. The fourth-order valence-corrected chi connectivity index (χ4v) is 3.65. The van der Waals surface area contributed by atoms with Gasteiger partial charge in [0.05, 0.1) is 0 Å². The van der Waals surface area contributed by atoms with Crippen LogP contribution >= 0.6 is 11.8 Å². The molecule has 2 heterocycles. The van der Waals surface area contributed by atoms with Gasteiger partial charge in [0.25, 0.3) is 0 Å². The summed E-state index contributed by atoms with van der Waals surface area (Å²) in [5.74, 6) is -0.282. The average molecular weight is 420 g/mol. The Morgan fingerprint density at radius 1 is 0.933 bits per heavy atom. The van der Waals surface area contributed by atoms with E-state index in [0.717, 1.165) is 20.7 Å². The topological polar surface area (TPSA) is 81.3 Å². The second-order valence-electron chi connectivity index (χ2n) is 7.06. The summed E-state index contributed by atoms with van der Waals surface area (Å²) in [7, 11) is 0. The summed E-state index contributed by atoms with van der Waals surface area (Å²) >= 11 is 1.46. The Labute approximate surface area is 177 Å². The van der Waals surface area contributed by atoms with Crippen molar-refractivity contribution < 1.29 is 4.79 Å². The number of amides is 1. The SMILES string of the molecule is Cc1ccc(CNC(=O)Cn2nc3ccc(Sc4ccc(C)cc4)nn3c2=O)cc1. The van der Waals surface area contributed by atoms with Gasteiger partial charge in [-0.25, -0.2) is 9.48 Å². The zero-order chi connectivity index (χ0) is 21.1. The van der Waals surface area contributed by atoms with Crippen molar-refractivity contribution in [2.24, 2.45) is 0 Å². The maximum Gasteiger partial charge on any atom is 0.367 e. The molecule has 7 nitrogen and oxygen atoms in total. The molecule has 0 unspecified atom stereocenters. The second kappa shape index (κ2) is 8.54. The van der Waals surface area contributed by atoms with Gasteiger partial charge in [-0.15, -0.1) is 5.10 Å². The van der Waals surface area contributed by atoms with E-state index in [4.69, 9.17) is 0 Å². The first-order chi connectivity index (χ1) is 14.5. The summed E-state index contributed by atoms with van der Waals surface area (Å²) in [6.07, 6.45) is 0. The van der Waals surface area contributed by atoms with Crippen LogP contribution in [0.4, 0.5) is 0 Å². The van der Waals surface area contributed by atoms with Crippen LogP contribution in [-0.2, 0) is 17.9 Å². The molecule has 4 aromatic rings. The van der Waals surface area contributed by atoms with Gasteiger partial charge in [0, 0.05) is 11.4 Å². The van der Waals surface area contributed by atoms with Crippen molar-refractivity contribution in [1.29, 1.82) is 0 Å². The van der Waals surface area contributed by atoms with Crippen molar-refractivity contribution in [3.63, 3.8) is 0 Å². The third-order valence-electron chi connectivity index (χ3n) is 4.56. The van der Waals surface area contributed by atoms with Gasteiger partial charge in [-0.05, 0) is 43.7 Å². The van der Waals surface area contributed by atoms with E-state index >= 15 is 0 Å². The van der Waals surface area contributed by atoms with E-state index in [0.29, 0.717) is 17.2 Å². The lowest BCUT2D eigenvalue weighted by atomic mass is 10.1. The molecule has 1 amide bonds. The van der Waals surface area contributed by atoms with Crippen LogP contribution in [0.5, 0.6) is 0 Å². The molecule has 0 radical (unpaired) electrons. The van der Waals surface area contributed by atoms with E-state index in [1.54, 1.807) is 6.07 Å². The van der Waals surface area contributed by atoms with Crippen LogP contribution in [0.25, 0.3) is 5.65 Å². The van der Waals surface area contributed by atoms with Gasteiger partial charge < -0.3 is 5.32 Å². The van der Waals surface area contributed by atoms with Crippen molar-refractivity contribution in [1.82, 2.24) is 24.7 Å². The molecule has 0 aliphatic carbocycles. The van der Waals surface area contributed by atoms with Crippen molar-refractivity contribution in [3.8, 4) is 0 Å². The summed E-state index contributed by atoms with van der Waals surface area (Å²) in [4.78, 5) is 25.9. The van der Waals surface area contributed by atoms with Crippen LogP contribution in [0.3, 0.4) is 0 Å². The zero-order valence-electron chi connectivity index (χ0n) is 16.7. The number of hydrogen-bond donors (Lipinski definition) is 1. The van der Waals surface area contributed by atoms with Gasteiger partial charge in [-0.2, -0.15) is 9.61 Å². The first-order valence-corrected chi connectivity index (χ1v) is 10.3. The summed E-state index contributed by atoms with van der Waals surface area (Å²) in [6, 6.07) is 19.5. The number of fused-ring (bicyclic) bond motifs is 1. The summed E-state index contributed by atoms with van der Waals surface area (Å²) in [6.45, 7) is 4.28. The molecule has 8 heteroatoms. The number of carbonyl (C=O) groups excluding carboxylic acids is 1. The number of benzene rings is 2. The highest BCUT2D eigenvalue weighted by atomic mass is 32.2. The van der Waals surface area contributed by atoms with Gasteiger partial charge in [0.15, 0.2) is 5.65 Å². The van der Waals surface area contributed by atoms with E-state index in [-0.39, 0.29) is 12.5 Å². The molecule has 0 aliphatic heterocycles. The molecule has 0 saturated heterocycles. The van der Waals surface area contributed by atoms with Gasteiger partial charge in [-0.3, -0.25) is 4.79 Å². The molecule has 2 aromatic carbocycles. The molecule has 0 saturated carbocycles. The number of hydrogen-bond acceptors (Lipinski definition) is 5. The highest BCUT2D eigenvalue weighted by molar-refractivity contribution is 7.99. The van der Waals surface area contributed by atoms with Crippen LogP contribution in [0.1, 0.15) is 16.7 Å². The number of carbonyl (C=O) groups is 1. The zero-order valence-corrected chi connectivity index (χ0v) is 17.5. The lowest BCUT2D eigenvalue weighted by molar-refractivity contribution is -0.122. The molecule has 0 fully saturated rings. The first kappa shape index (κ1) is 19.9. The monoisotopic (exact) mass is 419 g/mol. The molecule has 4 rings (SSSR count). The lowest BCUT2D eigenvalue weighted by Gasteiger charge is -2.05. The van der Waals surface area contributed by atoms with Gasteiger partial charge >= 0.3 is 5.69 Å². The van der Waals surface area contributed by atoms with Gasteiger partial charge in [0.2, 0.25) is 5.91 Å². The lowest BCUT2D eigenvalue weighted by Crippen LogP contribution is -2.32. The van der Waals surface area contributed by atoms with Crippen molar-refractivity contribution in [2.75, 3.05) is 0 Å². The Bertz CT molecular complexity index is 1240. The van der Waals surface area contributed by atoms with E-state index < -0.39 is 5.69 Å². The van der Waals surface area contributed by atoms with Crippen LogP contribution in [-0.4, -0.2) is 25.3 Å². The fourth-order valence-electron chi connectivity index (χ4n) is 2.87. The number of aromatic nitrogens is 4. The fraction of sp³-hybridized carbons (Fsp3) is 0.182. The summed E-state index contributed by atoms with van der Waals surface area (Å²) in [5, 5.41) is 12.1. The Morgan fingerprint density at radius 3 is 2.30 bits per heavy atom. The second-order valence-corrected chi connectivity index (χ2v) is 8.15. The molecule has 2 aromatic heterocycles. The number of rotatable bonds is 6. The molecule has 0 atom stereocenters. The van der Waals surface area contributed by atoms with Crippen LogP contribution < -0.4 is 11.0 Å². The maximum atomic E-state index is 12.6. The Kier molecular flexibility index (Phi) is 5.67. The number of aryl methyl sites for hydroxylation is 2. The minimum absolute atomic E-state index is 0.158. The highest BCUT2D eigenvalue weighted by Gasteiger charge is 2.12. The van der Waals surface area contributed by atoms with E-state index in [1.165, 1.54) is 21.8 Å². The predicted octanol–water partition coefficient (Wildman–Crippen LogP) is 2.98. The standard InChI is InChI=1S/C22H21N5O2S/c1-15-3-7-17(8-4-15)13-23-20(28)14-26-22(29)27-19(24-26)11-12-21(25-27)30-18-9-5-16(2)6-10-18/h3-12H,13-14H2,1-2H3,(H,23,28). The Morgan fingerprint density at radius 2 is 1.60 bits per heavy atom. The van der Waals surface area contributed by atoms with Crippen LogP contribution in [0.15, 0.2) is 75.4 Å². The van der Waals surface area contributed by atoms with Gasteiger partial charge in [0.1, 0.15) is 11.6 Å². The molecule has 152 valence electrons. The molecular weight excluding hydrogens is 398 g/mol. The quantitative estimate of drug-likeness (QED) is 0.520. The molecule has 0 spiro atoms. The molecule has 1 N–H and O–H groups in total. The van der Waals surface area contributed by atoms with Crippen LogP contribution in [0.2, 0.25) is 0 Å². The highest BCUT2D eigenvalue weighted by Crippen LogP contribution is 2.25. The Balaban J connectivity index is 1.46. The summed E-state index contributed by atoms with van der Waals surface area (Å²) < 4.78 is 2.36. The maximum absolute atomic E-state index is 12.6. The third kappa shape index (κ3) is 4.60. The summed E-state index contributed by atoms with van der Waals surface area (Å²) in [5.41, 5.74) is 3.30. The minimum atomic E-state index is -0.443. The van der Waals surface area contributed by atoms with Crippen LogP contribution in [0, 0.1) is 13.8 Å². The smallest absolute Gasteiger partial charge is 0.350 e. The number of nitrogens with one attached hydrogen (secondary N) is 1. The largest absolute Gasteiger partial charge is 0.367 e. The Hall–Kier alpha value is -3.39. The predicted molar refractivity (Wildman–Crippen MR) is 116 cm³/mol. The average Bonchev–Trinajstić information content (AvgIpc) is 3.04. The van der Waals surface area contributed by atoms with Crippen molar-refractivity contribution in [2.45, 2.75) is 36.9 Å². The minimum Gasteiger partial charge on any atom is -0.350 e. The van der Waals surface area contributed by atoms with Crippen molar-refractivity contribution in [3.05, 3.63) is 87.8 Å². The van der Waals surface area contributed by atoms with E-state index in [2.05, 4.69) is 15.5 Å². The van der Waals surface area contributed by atoms with Gasteiger partial charge in [-0.1, -0.05) is 59.3 Å². The first-order valence-electron chi connectivity index (χ1n) is 9.51.